The highest BCUT2D eigenvalue weighted by atomic mass is 19.4. The maximum absolute atomic E-state index is 13.7. The van der Waals surface area contributed by atoms with Gasteiger partial charge in [-0.2, -0.15) is 13.2 Å². The van der Waals surface area contributed by atoms with Crippen LogP contribution in [0, 0.1) is 11.3 Å². The Hall–Kier alpha value is -3.20. The molecule has 39 heavy (non-hydrogen) atoms. The summed E-state index contributed by atoms with van der Waals surface area (Å²) in [5, 5.41) is 8.17. The molecule has 2 unspecified atom stereocenters. The number of ether oxygens (including phenoxy) is 1. The fourth-order valence-corrected chi connectivity index (χ4v) is 5.95. The number of aromatic nitrogens is 1. The van der Waals surface area contributed by atoms with Crippen molar-refractivity contribution in [1.82, 2.24) is 4.98 Å². The predicted molar refractivity (Wildman–Crippen MR) is 145 cm³/mol. The number of hydrogen-bond acceptors (Lipinski definition) is 6. The van der Waals surface area contributed by atoms with Crippen LogP contribution in [0.2, 0.25) is 0 Å². The number of nitrogens with zero attached hydrogens (tertiary/aromatic N) is 2. The van der Waals surface area contributed by atoms with Crippen LogP contribution in [-0.4, -0.2) is 41.3 Å². The normalized spacial score (nSPS) is 23.5. The van der Waals surface area contributed by atoms with Crippen molar-refractivity contribution >= 4 is 23.0 Å². The quantitative estimate of drug-likeness (QED) is 0.279. The number of anilines is 1. The summed E-state index contributed by atoms with van der Waals surface area (Å²) in [5.74, 6) is 0.500. The second kappa shape index (κ2) is 11.1. The summed E-state index contributed by atoms with van der Waals surface area (Å²) >= 11 is 0. The minimum atomic E-state index is -4.58. The summed E-state index contributed by atoms with van der Waals surface area (Å²) in [7, 11) is 0. The number of Topliss-reactive ketones (excluding diaryl/α,β-unsaturated/α-hetero) is 1. The number of carbonyl (C=O) groups excluding carboxylic acids is 1. The number of ketones is 1. The molecule has 1 aromatic heterocycles. The van der Waals surface area contributed by atoms with Crippen LogP contribution in [0.3, 0.4) is 0 Å². The van der Waals surface area contributed by atoms with Crippen LogP contribution in [0.15, 0.2) is 48.2 Å². The van der Waals surface area contributed by atoms with E-state index in [1.807, 2.05) is 12.1 Å². The topological polar surface area (TPSA) is 92.3 Å². The average molecular weight is 541 g/mol. The molecule has 2 aliphatic heterocycles. The van der Waals surface area contributed by atoms with Crippen molar-refractivity contribution in [3.63, 3.8) is 0 Å². The van der Waals surface area contributed by atoms with Crippen LogP contribution >= 0.6 is 0 Å². The smallest absolute Gasteiger partial charge is 0.398 e. The van der Waals surface area contributed by atoms with E-state index in [1.54, 1.807) is 6.20 Å². The number of fused-ring (bicyclic) bond motifs is 2. The molecule has 2 atom stereocenters. The number of carbonyl (C=O) groups is 1. The molecule has 208 valence electrons. The van der Waals surface area contributed by atoms with E-state index in [0.29, 0.717) is 5.71 Å². The van der Waals surface area contributed by atoms with Crippen molar-refractivity contribution in [3.05, 3.63) is 64.9 Å². The van der Waals surface area contributed by atoms with Gasteiger partial charge in [0.2, 0.25) is 0 Å². The number of hydrogen-bond donors (Lipinski definition) is 2. The second-order valence-electron chi connectivity index (χ2n) is 10.9. The summed E-state index contributed by atoms with van der Waals surface area (Å²) in [5.41, 5.74) is 6.70. The lowest BCUT2D eigenvalue weighted by molar-refractivity contribution is -0.137. The lowest BCUT2D eigenvalue weighted by Gasteiger charge is -2.39. The Labute approximate surface area is 226 Å². The molecule has 2 aromatic rings. The van der Waals surface area contributed by atoms with Crippen molar-refractivity contribution < 1.29 is 22.7 Å². The molecule has 3 N–H and O–H groups in total. The van der Waals surface area contributed by atoms with E-state index < -0.39 is 11.7 Å². The summed E-state index contributed by atoms with van der Waals surface area (Å²) < 4.78 is 47.3. The van der Waals surface area contributed by atoms with Crippen molar-refractivity contribution in [3.8, 4) is 0 Å². The van der Waals surface area contributed by atoms with E-state index in [4.69, 9.17) is 15.9 Å². The molecule has 3 heterocycles. The minimum absolute atomic E-state index is 0.0933. The molecule has 5 rings (SSSR count). The SMILES string of the molecule is CCCC(=N)c1ccc(N2C3CCC2CC(OCC(C(=O)C2CC2)=C(N)c2ccccc2C(F)(F)F)C3)nc1. The molecule has 3 fully saturated rings. The lowest BCUT2D eigenvalue weighted by Crippen LogP contribution is -2.46. The van der Waals surface area contributed by atoms with E-state index in [0.717, 1.165) is 68.8 Å². The second-order valence-corrected chi connectivity index (χ2v) is 10.9. The number of piperidine rings is 1. The number of nitrogens with two attached hydrogens (primary N) is 1. The van der Waals surface area contributed by atoms with Gasteiger partial charge in [-0.15, -0.1) is 0 Å². The molecular weight excluding hydrogens is 505 g/mol. The van der Waals surface area contributed by atoms with Gasteiger partial charge in [-0.3, -0.25) is 4.79 Å². The fraction of sp³-hybridized carbons (Fsp3) is 0.500. The van der Waals surface area contributed by atoms with Crippen molar-refractivity contribution in [2.75, 3.05) is 11.5 Å². The zero-order chi connectivity index (χ0) is 27.7. The Bertz CT molecular complexity index is 1240. The van der Waals surface area contributed by atoms with Gasteiger partial charge in [-0.25, -0.2) is 4.98 Å². The van der Waals surface area contributed by atoms with Gasteiger partial charge in [0.25, 0.3) is 0 Å². The van der Waals surface area contributed by atoms with Crippen molar-refractivity contribution in [1.29, 1.82) is 5.41 Å². The fourth-order valence-electron chi connectivity index (χ4n) is 5.95. The molecule has 6 nitrogen and oxygen atoms in total. The Morgan fingerprint density at radius 2 is 1.79 bits per heavy atom. The van der Waals surface area contributed by atoms with Crippen LogP contribution in [0.25, 0.3) is 5.70 Å². The largest absolute Gasteiger partial charge is 0.417 e. The number of pyridine rings is 1. The molecule has 3 aliphatic rings. The Balaban J connectivity index is 1.30. The van der Waals surface area contributed by atoms with E-state index in [-0.39, 0.29) is 53.3 Å². The first kappa shape index (κ1) is 27.4. The first-order valence-corrected chi connectivity index (χ1v) is 13.8. The first-order chi connectivity index (χ1) is 18.7. The highest BCUT2D eigenvalue weighted by molar-refractivity contribution is 6.05. The van der Waals surface area contributed by atoms with Gasteiger partial charge in [0.05, 0.1) is 18.3 Å². The zero-order valence-electron chi connectivity index (χ0n) is 22.1. The van der Waals surface area contributed by atoms with Gasteiger partial charge >= 0.3 is 6.18 Å². The van der Waals surface area contributed by atoms with E-state index in [2.05, 4.69) is 16.8 Å². The first-order valence-electron chi connectivity index (χ1n) is 13.8. The van der Waals surface area contributed by atoms with Crippen LogP contribution in [0.5, 0.6) is 0 Å². The number of benzene rings is 1. The Morgan fingerprint density at radius 3 is 2.38 bits per heavy atom. The molecule has 0 radical (unpaired) electrons. The monoisotopic (exact) mass is 540 g/mol. The minimum Gasteiger partial charge on any atom is -0.398 e. The van der Waals surface area contributed by atoms with Crippen LogP contribution in [-0.2, 0) is 15.7 Å². The third-order valence-corrected chi connectivity index (χ3v) is 8.11. The molecule has 1 aromatic carbocycles. The molecule has 1 saturated carbocycles. The third kappa shape index (κ3) is 5.88. The standard InChI is InChI=1S/C30H35F3N4O2/c1-2-5-26(34)19-10-13-27(36-16-19)37-20-11-12-21(37)15-22(14-20)39-17-24(29(38)18-8-9-18)28(35)23-6-3-4-7-25(23)30(31,32)33/h3-4,6-7,10,13,16,18,20-22,34H,2,5,8-9,11-12,14-15,17,35H2,1H3. The summed E-state index contributed by atoms with van der Waals surface area (Å²) in [6.07, 6.45) is 3.67. The van der Waals surface area contributed by atoms with Crippen molar-refractivity contribution in [2.24, 2.45) is 11.7 Å². The summed E-state index contributed by atoms with van der Waals surface area (Å²) in [6.45, 7) is 1.96. The molecule has 2 bridgehead atoms. The van der Waals surface area contributed by atoms with Gasteiger partial charge in [-0.1, -0.05) is 31.5 Å². The number of nitrogens with one attached hydrogen (secondary N) is 1. The number of halogens is 3. The maximum Gasteiger partial charge on any atom is 0.417 e. The molecular formula is C30H35F3N4O2. The van der Waals surface area contributed by atoms with E-state index in [9.17, 15) is 18.0 Å². The van der Waals surface area contributed by atoms with Gasteiger partial charge in [0.1, 0.15) is 5.82 Å². The molecule has 1 aliphatic carbocycles. The number of alkyl halides is 3. The van der Waals surface area contributed by atoms with Crippen molar-refractivity contribution in [2.45, 2.75) is 82.7 Å². The maximum atomic E-state index is 13.7. The van der Waals surface area contributed by atoms with Gasteiger partial charge in [0, 0.05) is 52.3 Å². The Morgan fingerprint density at radius 1 is 1.10 bits per heavy atom. The van der Waals surface area contributed by atoms with Gasteiger partial charge < -0.3 is 20.8 Å². The predicted octanol–water partition coefficient (Wildman–Crippen LogP) is 6.13. The van der Waals surface area contributed by atoms with E-state index >= 15 is 0 Å². The Kier molecular flexibility index (Phi) is 7.80. The van der Waals surface area contributed by atoms with Crippen LogP contribution in [0.4, 0.5) is 19.0 Å². The highest BCUT2D eigenvalue weighted by Crippen LogP contribution is 2.41. The highest BCUT2D eigenvalue weighted by Gasteiger charge is 2.42. The zero-order valence-corrected chi connectivity index (χ0v) is 22.1. The van der Waals surface area contributed by atoms with Crippen LogP contribution in [0.1, 0.15) is 75.0 Å². The molecule has 0 spiro atoms. The van der Waals surface area contributed by atoms with Gasteiger partial charge in [-0.05, 0) is 63.1 Å². The van der Waals surface area contributed by atoms with Crippen LogP contribution < -0.4 is 10.6 Å². The number of rotatable bonds is 10. The summed E-state index contributed by atoms with van der Waals surface area (Å²) in [4.78, 5) is 20.1. The third-order valence-electron chi connectivity index (χ3n) is 8.11. The molecule has 9 heteroatoms. The molecule has 2 saturated heterocycles. The van der Waals surface area contributed by atoms with Gasteiger partial charge in [0.15, 0.2) is 5.78 Å². The lowest BCUT2D eigenvalue weighted by atomic mass is 9.96. The average Bonchev–Trinajstić information content (AvgIpc) is 3.73. The molecule has 0 amide bonds. The summed E-state index contributed by atoms with van der Waals surface area (Å²) in [6, 6.07) is 9.54. The van der Waals surface area contributed by atoms with E-state index in [1.165, 1.54) is 18.2 Å².